The fourth-order valence-corrected chi connectivity index (χ4v) is 1.44. The summed E-state index contributed by atoms with van der Waals surface area (Å²) in [5.41, 5.74) is 1.49. The minimum Gasteiger partial charge on any atom is -0.361 e. The van der Waals surface area contributed by atoms with Crippen molar-refractivity contribution in [2.24, 2.45) is 5.41 Å². The number of hydrogen-bond donors (Lipinski definition) is 2. The Kier molecular flexibility index (Phi) is 2.46. The first-order chi connectivity index (χ1) is 7.47. The summed E-state index contributed by atoms with van der Waals surface area (Å²) < 4.78 is 0. The SMILES string of the molecule is CC(C)(C)C(=O)Nc1ccc2cc[nH]c2c1. The number of benzene rings is 1. The number of aromatic nitrogens is 1. The molecule has 0 saturated carbocycles. The Morgan fingerprint density at radius 3 is 2.69 bits per heavy atom. The number of hydrogen-bond acceptors (Lipinski definition) is 1. The van der Waals surface area contributed by atoms with Crippen LogP contribution in [0.3, 0.4) is 0 Å². The summed E-state index contributed by atoms with van der Waals surface area (Å²) in [6.07, 6.45) is 1.89. The molecule has 1 amide bonds. The van der Waals surface area contributed by atoms with Crippen LogP contribution in [0, 0.1) is 5.41 Å². The predicted molar refractivity (Wildman–Crippen MR) is 66.4 cm³/mol. The third kappa shape index (κ3) is 2.08. The van der Waals surface area contributed by atoms with Gasteiger partial charge in [-0.15, -0.1) is 0 Å². The van der Waals surface area contributed by atoms with Crippen LogP contribution in [-0.4, -0.2) is 10.9 Å². The molecule has 1 aromatic carbocycles. The van der Waals surface area contributed by atoms with Crippen molar-refractivity contribution in [2.45, 2.75) is 20.8 Å². The monoisotopic (exact) mass is 216 g/mol. The normalized spacial score (nSPS) is 11.7. The molecule has 0 aliphatic carbocycles. The molecule has 2 rings (SSSR count). The Labute approximate surface area is 94.9 Å². The van der Waals surface area contributed by atoms with Crippen molar-refractivity contribution in [3.8, 4) is 0 Å². The highest BCUT2D eigenvalue weighted by Gasteiger charge is 2.21. The fourth-order valence-electron chi connectivity index (χ4n) is 1.44. The molecule has 16 heavy (non-hydrogen) atoms. The van der Waals surface area contributed by atoms with Crippen molar-refractivity contribution in [1.29, 1.82) is 0 Å². The Hall–Kier alpha value is -1.77. The van der Waals surface area contributed by atoms with Gasteiger partial charge in [0.25, 0.3) is 0 Å². The number of anilines is 1. The quantitative estimate of drug-likeness (QED) is 0.755. The number of aromatic amines is 1. The van der Waals surface area contributed by atoms with Gasteiger partial charge in [-0.1, -0.05) is 26.8 Å². The molecule has 2 aromatic rings. The Morgan fingerprint density at radius 1 is 1.25 bits per heavy atom. The van der Waals surface area contributed by atoms with E-state index < -0.39 is 0 Å². The van der Waals surface area contributed by atoms with Gasteiger partial charge >= 0.3 is 0 Å². The first-order valence-electron chi connectivity index (χ1n) is 5.35. The van der Waals surface area contributed by atoms with Crippen LogP contribution in [0.4, 0.5) is 5.69 Å². The maximum atomic E-state index is 11.8. The lowest BCUT2D eigenvalue weighted by Gasteiger charge is -2.17. The number of nitrogens with one attached hydrogen (secondary N) is 2. The van der Waals surface area contributed by atoms with Gasteiger partial charge in [0.2, 0.25) is 5.91 Å². The molecule has 0 aliphatic heterocycles. The Bertz CT molecular complexity index is 520. The van der Waals surface area contributed by atoms with Crippen LogP contribution in [-0.2, 0) is 4.79 Å². The summed E-state index contributed by atoms with van der Waals surface area (Å²) in [7, 11) is 0. The largest absolute Gasteiger partial charge is 0.361 e. The van der Waals surface area contributed by atoms with Crippen LogP contribution in [0.1, 0.15) is 20.8 Å². The number of carbonyl (C=O) groups is 1. The molecule has 84 valence electrons. The zero-order chi connectivity index (χ0) is 11.8. The summed E-state index contributed by atoms with van der Waals surface area (Å²) >= 11 is 0. The van der Waals surface area contributed by atoms with Crippen LogP contribution in [0.15, 0.2) is 30.5 Å². The molecule has 0 atom stereocenters. The summed E-state index contributed by atoms with van der Waals surface area (Å²) in [6, 6.07) is 7.85. The first-order valence-corrected chi connectivity index (χ1v) is 5.35. The van der Waals surface area contributed by atoms with E-state index >= 15 is 0 Å². The number of rotatable bonds is 1. The Balaban J connectivity index is 2.24. The van der Waals surface area contributed by atoms with Crippen LogP contribution < -0.4 is 5.32 Å². The predicted octanol–water partition coefficient (Wildman–Crippen LogP) is 3.15. The average molecular weight is 216 g/mol. The second-order valence-electron chi connectivity index (χ2n) is 4.98. The highest BCUT2D eigenvalue weighted by molar-refractivity contribution is 5.96. The maximum absolute atomic E-state index is 11.8. The van der Waals surface area contributed by atoms with Gasteiger partial charge in [-0.05, 0) is 23.6 Å². The number of carbonyl (C=O) groups excluding carboxylic acids is 1. The van der Waals surface area contributed by atoms with E-state index in [0.29, 0.717) is 0 Å². The van der Waals surface area contributed by atoms with Crippen molar-refractivity contribution in [1.82, 2.24) is 4.98 Å². The van der Waals surface area contributed by atoms with Gasteiger partial charge in [0.1, 0.15) is 0 Å². The second-order valence-corrected chi connectivity index (χ2v) is 4.98. The zero-order valence-electron chi connectivity index (χ0n) is 9.79. The molecule has 0 bridgehead atoms. The summed E-state index contributed by atoms with van der Waals surface area (Å²) in [6.45, 7) is 5.69. The molecule has 0 radical (unpaired) electrons. The van der Waals surface area contributed by atoms with E-state index in [1.807, 2.05) is 51.2 Å². The molecule has 2 N–H and O–H groups in total. The van der Waals surface area contributed by atoms with Gasteiger partial charge in [-0.3, -0.25) is 4.79 Å². The molecule has 3 heteroatoms. The van der Waals surface area contributed by atoms with Crippen LogP contribution in [0.25, 0.3) is 10.9 Å². The third-order valence-electron chi connectivity index (χ3n) is 2.49. The molecular formula is C13H16N2O. The van der Waals surface area contributed by atoms with E-state index in [0.717, 1.165) is 16.6 Å². The van der Waals surface area contributed by atoms with Crippen molar-refractivity contribution < 1.29 is 4.79 Å². The third-order valence-corrected chi connectivity index (χ3v) is 2.49. The van der Waals surface area contributed by atoms with Crippen molar-refractivity contribution in [2.75, 3.05) is 5.32 Å². The maximum Gasteiger partial charge on any atom is 0.229 e. The Morgan fingerprint density at radius 2 is 2.00 bits per heavy atom. The molecule has 0 saturated heterocycles. The lowest BCUT2D eigenvalue weighted by Crippen LogP contribution is -2.27. The summed E-state index contributed by atoms with van der Waals surface area (Å²) in [5.74, 6) is 0.0263. The fraction of sp³-hybridized carbons (Fsp3) is 0.308. The summed E-state index contributed by atoms with van der Waals surface area (Å²) in [4.78, 5) is 14.9. The van der Waals surface area contributed by atoms with E-state index in [2.05, 4.69) is 10.3 Å². The molecule has 1 heterocycles. The van der Waals surface area contributed by atoms with Gasteiger partial charge in [0, 0.05) is 22.8 Å². The highest BCUT2D eigenvalue weighted by atomic mass is 16.2. The van der Waals surface area contributed by atoms with Crippen LogP contribution >= 0.6 is 0 Å². The molecule has 1 aromatic heterocycles. The van der Waals surface area contributed by atoms with E-state index in [1.165, 1.54) is 0 Å². The number of fused-ring (bicyclic) bond motifs is 1. The van der Waals surface area contributed by atoms with Gasteiger partial charge < -0.3 is 10.3 Å². The average Bonchev–Trinajstić information content (AvgIpc) is 2.63. The minimum absolute atomic E-state index is 0.0263. The van der Waals surface area contributed by atoms with Crippen molar-refractivity contribution in [3.05, 3.63) is 30.5 Å². The van der Waals surface area contributed by atoms with Gasteiger partial charge in [-0.2, -0.15) is 0 Å². The molecule has 0 fully saturated rings. The van der Waals surface area contributed by atoms with Crippen molar-refractivity contribution in [3.63, 3.8) is 0 Å². The second kappa shape index (κ2) is 3.67. The van der Waals surface area contributed by atoms with E-state index in [9.17, 15) is 4.79 Å². The number of H-pyrrole nitrogens is 1. The standard InChI is InChI=1S/C13H16N2O/c1-13(2,3)12(16)15-10-5-4-9-6-7-14-11(9)8-10/h4-8,14H,1-3H3,(H,15,16). The molecule has 3 nitrogen and oxygen atoms in total. The lowest BCUT2D eigenvalue weighted by molar-refractivity contribution is -0.123. The van der Waals surface area contributed by atoms with Crippen LogP contribution in [0.5, 0.6) is 0 Å². The zero-order valence-corrected chi connectivity index (χ0v) is 9.79. The first kappa shape index (κ1) is 10.7. The topological polar surface area (TPSA) is 44.9 Å². The van der Waals surface area contributed by atoms with E-state index in [-0.39, 0.29) is 11.3 Å². The van der Waals surface area contributed by atoms with Crippen molar-refractivity contribution >= 4 is 22.5 Å². The van der Waals surface area contributed by atoms with Gasteiger partial charge in [0.05, 0.1) is 0 Å². The minimum atomic E-state index is -0.370. The molecular weight excluding hydrogens is 200 g/mol. The van der Waals surface area contributed by atoms with Gasteiger partial charge in [-0.25, -0.2) is 0 Å². The lowest BCUT2D eigenvalue weighted by atomic mass is 9.95. The smallest absolute Gasteiger partial charge is 0.229 e. The van der Waals surface area contributed by atoms with Crippen LogP contribution in [0.2, 0.25) is 0 Å². The van der Waals surface area contributed by atoms with E-state index in [1.54, 1.807) is 0 Å². The molecule has 0 unspecified atom stereocenters. The number of amides is 1. The molecule has 0 spiro atoms. The van der Waals surface area contributed by atoms with E-state index in [4.69, 9.17) is 0 Å². The highest BCUT2D eigenvalue weighted by Crippen LogP contribution is 2.20. The summed E-state index contributed by atoms with van der Waals surface area (Å²) in [5, 5.41) is 4.05. The molecule has 0 aliphatic rings. The van der Waals surface area contributed by atoms with Gasteiger partial charge in [0.15, 0.2) is 0 Å².